The van der Waals surface area contributed by atoms with Crippen LogP contribution in [0.3, 0.4) is 0 Å². The summed E-state index contributed by atoms with van der Waals surface area (Å²) in [6, 6.07) is 21.9. The highest BCUT2D eigenvalue weighted by molar-refractivity contribution is 7.99. The molecule has 0 bridgehead atoms. The van der Waals surface area contributed by atoms with Gasteiger partial charge in [0.1, 0.15) is 0 Å². The van der Waals surface area contributed by atoms with E-state index in [0.717, 1.165) is 5.69 Å². The van der Waals surface area contributed by atoms with Crippen molar-refractivity contribution < 1.29 is 4.79 Å². The molecule has 138 valence electrons. The lowest BCUT2D eigenvalue weighted by atomic mass is 10.3. The van der Waals surface area contributed by atoms with Gasteiger partial charge in [-0.15, -0.1) is 0 Å². The summed E-state index contributed by atoms with van der Waals surface area (Å²) >= 11 is 1.20. The van der Waals surface area contributed by atoms with Gasteiger partial charge in [-0.25, -0.2) is 9.97 Å². The topological polar surface area (TPSA) is 76.9 Å². The van der Waals surface area contributed by atoms with Crippen LogP contribution in [0.4, 0.5) is 5.69 Å². The van der Waals surface area contributed by atoms with Crippen LogP contribution >= 0.6 is 11.8 Å². The zero-order chi connectivity index (χ0) is 19.3. The van der Waals surface area contributed by atoms with E-state index in [0.29, 0.717) is 21.9 Å². The summed E-state index contributed by atoms with van der Waals surface area (Å²) in [5, 5.41) is 3.69. The van der Waals surface area contributed by atoms with Crippen molar-refractivity contribution in [3.63, 3.8) is 0 Å². The summed E-state index contributed by atoms with van der Waals surface area (Å²) in [6.07, 6.45) is 1.60. The average molecular weight is 388 g/mol. The smallest absolute Gasteiger partial charge is 0.268 e. The standard InChI is InChI=1S/C21H16N4O2S/c26-18(23-15-8-3-1-4-9-15)14-28-21-24-19-17(12-7-13-22-19)20(27)25(21)16-10-5-2-6-11-16/h1-13H,14H2,(H,23,26). The normalized spacial score (nSPS) is 10.7. The van der Waals surface area contributed by atoms with E-state index in [1.54, 1.807) is 18.3 Å². The average Bonchev–Trinajstić information content (AvgIpc) is 2.74. The summed E-state index contributed by atoms with van der Waals surface area (Å²) in [5.41, 5.74) is 1.57. The van der Waals surface area contributed by atoms with Crippen molar-refractivity contribution in [1.82, 2.24) is 14.5 Å². The minimum atomic E-state index is -0.213. The molecule has 2 aromatic heterocycles. The Morgan fingerprint density at radius 3 is 2.43 bits per heavy atom. The summed E-state index contributed by atoms with van der Waals surface area (Å²) in [4.78, 5) is 34.1. The molecule has 7 heteroatoms. The first kappa shape index (κ1) is 17.9. The Bertz CT molecular complexity index is 1180. The van der Waals surface area contributed by atoms with Gasteiger partial charge in [0.2, 0.25) is 5.91 Å². The van der Waals surface area contributed by atoms with Gasteiger partial charge in [0.05, 0.1) is 16.8 Å². The molecule has 6 nitrogen and oxygen atoms in total. The van der Waals surface area contributed by atoms with E-state index in [2.05, 4.69) is 15.3 Å². The van der Waals surface area contributed by atoms with Gasteiger partial charge in [-0.3, -0.25) is 14.2 Å². The highest BCUT2D eigenvalue weighted by atomic mass is 32.2. The Labute approximate surface area is 165 Å². The van der Waals surface area contributed by atoms with Crippen molar-refractivity contribution >= 4 is 34.4 Å². The summed E-state index contributed by atoms with van der Waals surface area (Å²) < 4.78 is 1.52. The Balaban J connectivity index is 1.67. The van der Waals surface area contributed by atoms with Crippen LogP contribution < -0.4 is 10.9 Å². The Morgan fingerprint density at radius 2 is 1.68 bits per heavy atom. The Morgan fingerprint density at radius 1 is 0.964 bits per heavy atom. The van der Waals surface area contributed by atoms with E-state index in [9.17, 15) is 9.59 Å². The first-order valence-corrected chi connectivity index (χ1v) is 9.62. The number of nitrogens with zero attached hydrogens (tertiary/aromatic N) is 3. The number of pyridine rings is 1. The highest BCUT2D eigenvalue weighted by Crippen LogP contribution is 2.21. The monoisotopic (exact) mass is 388 g/mol. The van der Waals surface area contributed by atoms with Gasteiger partial charge in [0.25, 0.3) is 5.56 Å². The fourth-order valence-electron chi connectivity index (χ4n) is 2.75. The van der Waals surface area contributed by atoms with E-state index >= 15 is 0 Å². The van der Waals surface area contributed by atoms with Crippen LogP contribution in [-0.2, 0) is 4.79 Å². The molecule has 2 aromatic carbocycles. The molecule has 0 radical (unpaired) electrons. The number of rotatable bonds is 5. The molecule has 0 spiro atoms. The molecular weight excluding hydrogens is 372 g/mol. The fourth-order valence-corrected chi connectivity index (χ4v) is 3.55. The fraction of sp³-hybridized carbons (Fsp3) is 0.0476. The van der Waals surface area contributed by atoms with Gasteiger partial charge in [-0.1, -0.05) is 48.2 Å². The molecule has 4 rings (SSSR count). The molecule has 0 saturated carbocycles. The van der Waals surface area contributed by atoms with Crippen molar-refractivity contribution in [3.05, 3.63) is 89.3 Å². The summed E-state index contributed by atoms with van der Waals surface area (Å²) in [6.45, 7) is 0. The van der Waals surface area contributed by atoms with Gasteiger partial charge in [0, 0.05) is 11.9 Å². The van der Waals surface area contributed by atoms with Gasteiger partial charge < -0.3 is 5.32 Å². The van der Waals surface area contributed by atoms with Gasteiger partial charge in [-0.2, -0.15) is 0 Å². The second kappa shape index (κ2) is 8.06. The molecule has 2 heterocycles. The van der Waals surface area contributed by atoms with E-state index < -0.39 is 0 Å². The second-order valence-electron chi connectivity index (χ2n) is 5.95. The number of aromatic nitrogens is 3. The van der Waals surface area contributed by atoms with Gasteiger partial charge >= 0.3 is 0 Å². The number of benzene rings is 2. The van der Waals surface area contributed by atoms with Crippen molar-refractivity contribution in [2.24, 2.45) is 0 Å². The third kappa shape index (κ3) is 3.79. The highest BCUT2D eigenvalue weighted by Gasteiger charge is 2.15. The largest absolute Gasteiger partial charge is 0.325 e. The quantitative estimate of drug-likeness (QED) is 0.418. The van der Waals surface area contributed by atoms with Gasteiger partial charge in [0.15, 0.2) is 10.8 Å². The van der Waals surface area contributed by atoms with Gasteiger partial charge in [-0.05, 0) is 36.4 Å². The molecule has 0 aliphatic carbocycles. The van der Waals surface area contributed by atoms with Crippen molar-refractivity contribution in [2.45, 2.75) is 5.16 Å². The Hall–Kier alpha value is -3.45. The minimum absolute atomic E-state index is 0.118. The number of anilines is 1. The van der Waals surface area contributed by atoms with Crippen LogP contribution in [0.2, 0.25) is 0 Å². The van der Waals surface area contributed by atoms with E-state index in [1.807, 2.05) is 60.7 Å². The number of hydrogen-bond acceptors (Lipinski definition) is 5. The minimum Gasteiger partial charge on any atom is -0.325 e. The van der Waals surface area contributed by atoms with Crippen LogP contribution in [0, 0.1) is 0 Å². The predicted molar refractivity (Wildman–Crippen MR) is 111 cm³/mol. The lowest BCUT2D eigenvalue weighted by Crippen LogP contribution is -2.23. The van der Waals surface area contributed by atoms with Crippen molar-refractivity contribution in [2.75, 3.05) is 11.1 Å². The second-order valence-corrected chi connectivity index (χ2v) is 6.89. The molecule has 0 aliphatic heterocycles. The molecule has 1 N–H and O–H groups in total. The zero-order valence-corrected chi connectivity index (χ0v) is 15.6. The third-order valence-electron chi connectivity index (χ3n) is 4.02. The number of fused-ring (bicyclic) bond motifs is 1. The molecule has 0 aliphatic rings. The Kier molecular flexibility index (Phi) is 5.16. The molecule has 28 heavy (non-hydrogen) atoms. The van der Waals surface area contributed by atoms with Crippen LogP contribution in [0.1, 0.15) is 0 Å². The van der Waals surface area contributed by atoms with E-state index in [1.165, 1.54) is 16.3 Å². The number of hydrogen-bond donors (Lipinski definition) is 1. The van der Waals surface area contributed by atoms with Crippen LogP contribution in [0.5, 0.6) is 0 Å². The number of carbonyl (C=O) groups is 1. The van der Waals surface area contributed by atoms with Crippen LogP contribution in [0.15, 0.2) is 88.9 Å². The molecule has 0 saturated heterocycles. The maximum Gasteiger partial charge on any atom is 0.268 e. The number of thioether (sulfide) groups is 1. The molecule has 4 aromatic rings. The molecule has 0 unspecified atom stereocenters. The van der Waals surface area contributed by atoms with Crippen LogP contribution in [-0.4, -0.2) is 26.2 Å². The number of para-hydroxylation sites is 2. The number of carbonyl (C=O) groups excluding carboxylic acids is 1. The summed E-state index contributed by atoms with van der Waals surface area (Å²) in [5.74, 6) is -0.0573. The first-order chi connectivity index (χ1) is 13.7. The van der Waals surface area contributed by atoms with Crippen LogP contribution in [0.25, 0.3) is 16.7 Å². The lowest BCUT2D eigenvalue weighted by Gasteiger charge is -2.12. The predicted octanol–water partition coefficient (Wildman–Crippen LogP) is 3.51. The third-order valence-corrected chi connectivity index (χ3v) is 4.96. The maximum atomic E-state index is 13.1. The van der Waals surface area contributed by atoms with E-state index in [4.69, 9.17) is 0 Å². The van der Waals surface area contributed by atoms with Crippen molar-refractivity contribution in [1.29, 1.82) is 0 Å². The van der Waals surface area contributed by atoms with Crippen molar-refractivity contribution in [3.8, 4) is 5.69 Å². The molecule has 0 atom stereocenters. The zero-order valence-electron chi connectivity index (χ0n) is 14.8. The summed E-state index contributed by atoms with van der Waals surface area (Å²) in [7, 11) is 0. The first-order valence-electron chi connectivity index (χ1n) is 8.63. The molecule has 0 fully saturated rings. The number of amides is 1. The molecule has 1 amide bonds. The number of nitrogens with one attached hydrogen (secondary N) is 1. The lowest BCUT2D eigenvalue weighted by molar-refractivity contribution is -0.113. The maximum absolute atomic E-state index is 13.1. The molecular formula is C21H16N4O2S. The van der Waals surface area contributed by atoms with E-state index in [-0.39, 0.29) is 17.2 Å². The SMILES string of the molecule is O=C(CSc1nc2ncccc2c(=O)n1-c1ccccc1)Nc1ccccc1.